The van der Waals surface area contributed by atoms with Gasteiger partial charge in [0.15, 0.2) is 0 Å². The van der Waals surface area contributed by atoms with E-state index in [2.05, 4.69) is 5.10 Å². The molecule has 0 saturated heterocycles. The number of ether oxygens (including phenoxy) is 1. The molecule has 19 heavy (non-hydrogen) atoms. The van der Waals surface area contributed by atoms with Crippen molar-refractivity contribution in [3.63, 3.8) is 0 Å². The molecule has 0 bridgehead atoms. The molecule has 0 spiro atoms. The molecule has 4 heteroatoms. The number of hydrogen-bond donors (Lipinski definition) is 0. The largest absolute Gasteiger partial charge is 0.366 e. The van der Waals surface area contributed by atoms with Crippen molar-refractivity contribution < 1.29 is 26.7 Å². The highest BCUT2D eigenvalue weighted by Gasteiger charge is 2.17. The van der Waals surface area contributed by atoms with Crippen molar-refractivity contribution in [2.75, 3.05) is 27.1 Å². The van der Waals surface area contributed by atoms with E-state index in [1.54, 1.807) is 0 Å². The van der Waals surface area contributed by atoms with Crippen LogP contribution in [0.4, 0.5) is 0 Å². The van der Waals surface area contributed by atoms with Crippen molar-refractivity contribution in [3.05, 3.63) is 53.7 Å². The number of rotatable bonds is 6. The SMILES string of the molecule is [2H]c1c([2H])c([2H])c(C(OCC([2H])([2H])N(C([2H])([2H])[2H])C([2H])([2H])[2H])c2ccnn2C([2H])([2H])[2H])c([2H])c1[2H]. The number of nitrogens with zero attached hydrogens (tertiary/aromatic N) is 3. The lowest BCUT2D eigenvalue weighted by Crippen LogP contribution is -2.20. The first kappa shape index (κ1) is 3.93. The van der Waals surface area contributed by atoms with Gasteiger partial charge in [-0.3, -0.25) is 4.68 Å². The third-order valence-electron chi connectivity index (χ3n) is 2.19. The van der Waals surface area contributed by atoms with Crippen LogP contribution in [0, 0.1) is 0 Å². The number of benzene rings is 1. The van der Waals surface area contributed by atoms with Gasteiger partial charge in [0, 0.05) is 34.7 Å². The first-order chi connectivity index (χ1) is 15.6. The summed E-state index contributed by atoms with van der Waals surface area (Å²) >= 11 is 0. The standard InChI is InChI=1S/C15H21N3O/c1-17(2)11-12-19-15(13-7-5-4-6-8-13)14-9-10-16-18(14)3/h4-10,15H,11-12H2,1-3H3/i1D3,2D3,3D3,4D,5D,6D,7D,8D,11D2. The molecule has 0 saturated carbocycles. The molecule has 0 aliphatic carbocycles. The van der Waals surface area contributed by atoms with Gasteiger partial charge in [0.25, 0.3) is 0 Å². The predicted molar refractivity (Wildman–Crippen MR) is 76.0 cm³/mol. The molecule has 0 aliphatic rings. The van der Waals surface area contributed by atoms with Crippen LogP contribution in [0.5, 0.6) is 0 Å². The number of aryl methyl sites for hydroxylation is 1. The van der Waals surface area contributed by atoms with Crippen LogP contribution >= 0.6 is 0 Å². The van der Waals surface area contributed by atoms with Crippen LogP contribution < -0.4 is 0 Å². The minimum Gasteiger partial charge on any atom is -0.366 e. The molecule has 0 fully saturated rings. The van der Waals surface area contributed by atoms with E-state index >= 15 is 0 Å². The van der Waals surface area contributed by atoms with E-state index in [1.807, 2.05) is 0 Å². The predicted octanol–water partition coefficient (Wildman–Crippen LogP) is 2.09. The minimum absolute atomic E-state index is 0.367. The molecule has 2 rings (SSSR count). The molecule has 1 aromatic carbocycles. The van der Waals surface area contributed by atoms with Gasteiger partial charge in [0.2, 0.25) is 0 Å². The second-order valence-corrected chi connectivity index (χ2v) is 3.39. The zero-order valence-corrected chi connectivity index (χ0v) is 9.69. The summed E-state index contributed by atoms with van der Waals surface area (Å²) in [6.45, 7) is -14.3. The Kier molecular flexibility index (Phi) is 1.34. The van der Waals surface area contributed by atoms with E-state index in [1.165, 1.54) is 0 Å². The highest BCUT2D eigenvalue weighted by Crippen LogP contribution is 2.25. The average molecular weight is 275 g/mol. The fourth-order valence-electron chi connectivity index (χ4n) is 1.40. The fourth-order valence-corrected chi connectivity index (χ4v) is 1.40. The number of hydrogen-bond acceptors (Lipinski definition) is 3. The molecule has 0 radical (unpaired) electrons. The lowest BCUT2D eigenvalue weighted by Gasteiger charge is -2.20. The summed E-state index contributed by atoms with van der Waals surface area (Å²) in [5, 5.41) is 3.65. The smallest absolute Gasteiger partial charge is 0.124 e. The summed E-state index contributed by atoms with van der Waals surface area (Å²) < 4.78 is 130. The van der Waals surface area contributed by atoms with Gasteiger partial charge in [0.05, 0.1) is 19.2 Å². The van der Waals surface area contributed by atoms with Gasteiger partial charge in [-0.15, -0.1) is 0 Å². The van der Waals surface area contributed by atoms with Gasteiger partial charge < -0.3 is 9.64 Å². The van der Waals surface area contributed by atoms with E-state index in [0.29, 0.717) is 4.68 Å². The van der Waals surface area contributed by atoms with E-state index < -0.39 is 75.9 Å². The highest BCUT2D eigenvalue weighted by molar-refractivity contribution is 5.25. The Hall–Kier alpha value is -1.65. The topological polar surface area (TPSA) is 30.3 Å². The van der Waals surface area contributed by atoms with Crippen LogP contribution in [-0.2, 0) is 11.7 Å². The Bertz CT molecular complexity index is 1030. The quantitative estimate of drug-likeness (QED) is 0.808. The van der Waals surface area contributed by atoms with Gasteiger partial charge in [-0.25, -0.2) is 0 Å². The zero-order valence-electron chi connectivity index (χ0n) is 25.7. The molecular weight excluding hydrogens is 238 g/mol. The van der Waals surface area contributed by atoms with Crippen molar-refractivity contribution in [1.82, 2.24) is 14.7 Å². The van der Waals surface area contributed by atoms with E-state index in [-0.39, 0.29) is 10.6 Å². The Morgan fingerprint density at radius 2 is 2.32 bits per heavy atom. The minimum atomic E-state index is -3.44. The third kappa shape index (κ3) is 3.66. The molecule has 2 aromatic rings. The van der Waals surface area contributed by atoms with Gasteiger partial charge in [0.1, 0.15) is 6.10 Å². The normalized spacial score (nSPS) is 27.8. The maximum absolute atomic E-state index is 8.21. The van der Waals surface area contributed by atoms with Crippen molar-refractivity contribution in [2.45, 2.75) is 6.10 Å². The van der Waals surface area contributed by atoms with Crippen LogP contribution in [0.3, 0.4) is 0 Å². The molecule has 1 atom stereocenters. The second kappa shape index (κ2) is 6.50. The first-order valence-electron chi connectivity index (χ1n) is 13.2. The summed E-state index contributed by atoms with van der Waals surface area (Å²) in [5.74, 6) is 0. The summed E-state index contributed by atoms with van der Waals surface area (Å²) in [4.78, 5) is -0.382. The monoisotopic (exact) mass is 275 g/mol. The Labute approximate surface area is 137 Å². The number of aromatic nitrogens is 2. The van der Waals surface area contributed by atoms with Crippen LogP contribution in [0.2, 0.25) is 0 Å². The molecule has 0 N–H and O–H groups in total. The third-order valence-corrected chi connectivity index (χ3v) is 2.19. The fraction of sp³-hybridized carbons (Fsp3) is 0.400. The molecule has 102 valence electrons. The van der Waals surface area contributed by atoms with Gasteiger partial charge in [-0.1, -0.05) is 30.2 Å². The average Bonchev–Trinajstić information content (AvgIpc) is 3.14. The van der Waals surface area contributed by atoms with Gasteiger partial charge >= 0.3 is 0 Å². The zero-order chi connectivity index (χ0) is 27.3. The maximum atomic E-state index is 8.21. The van der Waals surface area contributed by atoms with E-state index in [9.17, 15) is 0 Å². The van der Waals surface area contributed by atoms with Crippen molar-refractivity contribution in [2.24, 2.45) is 6.98 Å². The first-order valence-corrected chi connectivity index (χ1v) is 5.15. The summed E-state index contributed by atoms with van der Waals surface area (Å²) in [6, 6.07) is -2.81. The van der Waals surface area contributed by atoms with Crippen LogP contribution in [-0.4, -0.2) is 41.7 Å². The summed E-state index contributed by atoms with van der Waals surface area (Å²) in [7, 11) is 0. The molecule has 1 aromatic heterocycles. The van der Waals surface area contributed by atoms with Crippen molar-refractivity contribution >= 4 is 0 Å². The molecule has 0 aliphatic heterocycles. The summed E-state index contributed by atoms with van der Waals surface area (Å²) in [6.07, 6.45) is -0.837. The maximum Gasteiger partial charge on any atom is 0.124 e. The van der Waals surface area contributed by atoms with E-state index in [0.717, 1.165) is 12.3 Å². The van der Waals surface area contributed by atoms with Crippen LogP contribution in [0.15, 0.2) is 42.5 Å². The Morgan fingerprint density at radius 1 is 1.47 bits per heavy atom. The summed E-state index contributed by atoms with van der Waals surface area (Å²) in [5.41, 5.74) is -0.944. The van der Waals surface area contributed by atoms with Gasteiger partial charge in [-0.05, 0) is 25.6 Å². The van der Waals surface area contributed by atoms with Crippen LogP contribution in [0.25, 0.3) is 0 Å². The van der Waals surface area contributed by atoms with Crippen molar-refractivity contribution in [1.29, 1.82) is 0 Å². The second-order valence-electron chi connectivity index (χ2n) is 3.39. The lowest BCUT2D eigenvalue weighted by atomic mass is 10.1. The van der Waals surface area contributed by atoms with E-state index in [4.69, 9.17) is 26.7 Å². The van der Waals surface area contributed by atoms with Gasteiger partial charge in [-0.2, -0.15) is 5.10 Å². The number of likely N-dealkylation sites (N-methyl/N-ethyl adjacent to an activating group) is 1. The molecule has 0 amide bonds. The Balaban J connectivity index is 2.71. The Morgan fingerprint density at radius 3 is 3.05 bits per heavy atom. The van der Waals surface area contributed by atoms with Crippen LogP contribution in [0.1, 0.15) is 39.3 Å². The highest BCUT2D eigenvalue weighted by atomic mass is 16.5. The molecule has 4 nitrogen and oxygen atoms in total. The van der Waals surface area contributed by atoms with Crippen molar-refractivity contribution in [3.8, 4) is 0 Å². The molecule has 1 heterocycles. The lowest BCUT2D eigenvalue weighted by molar-refractivity contribution is 0.0638. The molecular formula is C15H21N3O. The molecule has 1 unspecified atom stereocenters.